The van der Waals surface area contributed by atoms with Gasteiger partial charge in [0.1, 0.15) is 11.6 Å². The van der Waals surface area contributed by atoms with E-state index in [-0.39, 0.29) is 5.82 Å². The summed E-state index contributed by atoms with van der Waals surface area (Å²) in [5.74, 6) is 0.472. The fourth-order valence-electron chi connectivity index (χ4n) is 2.02. The number of imidazole rings is 1. The number of aromatic amines is 1. The lowest BCUT2D eigenvalue weighted by atomic mass is 10.1. The minimum atomic E-state index is -0.264. The Labute approximate surface area is 104 Å². The molecule has 0 unspecified atom stereocenters. The molecule has 2 N–H and O–H groups in total. The van der Waals surface area contributed by atoms with E-state index in [2.05, 4.69) is 15.3 Å². The highest BCUT2D eigenvalue weighted by molar-refractivity contribution is 5.82. The van der Waals surface area contributed by atoms with Crippen molar-refractivity contribution in [2.24, 2.45) is 0 Å². The Morgan fingerprint density at radius 3 is 2.83 bits per heavy atom. The van der Waals surface area contributed by atoms with E-state index in [1.807, 2.05) is 31.3 Å². The summed E-state index contributed by atoms with van der Waals surface area (Å²) in [4.78, 5) is 7.61. The number of halogens is 1. The fraction of sp³-hybridized carbons (Fsp3) is 0.0714. The van der Waals surface area contributed by atoms with Crippen LogP contribution in [0.3, 0.4) is 0 Å². The first-order valence-corrected chi connectivity index (χ1v) is 5.70. The van der Waals surface area contributed by atoms with Crippen LogP contribution in [-0.2, 0) is 0 Å². The average molecular weight is 241 g/mol. The van der Waals surface area contributed by atoms with Gasteiger partial charge in [-0.25, -0.2) is 9.37 Å². The molecule has 0 saturated heterocycles. The summed E-state index contributed by atoms with van der Waals surface area (Å²) in [5.41, 5.74) is 3.42. The van der Waals surface area contributed by atoms with E-state index in [0.29, 0.717) is 5.52 Å². The molecule has 3 rings (SSSR count). The topological polar surface area (TPSA) is 40.7 Å². The summed E-state index contributed by atoms with van der Waals surface area (Å²) in [5, 5.41) is 3.12. The first kappa shape index (κ1) is 10.8. The number of fused-ring (bicyclic) bond motifs is 1. The molecule has 3 nitrogen and oxygen atoms in total. The smallest absolute Gasteiger partial charge is 0.140 e. The van der Waals surface area contributed by atoms with Crippen molar-refractivity contribution in [1.29, 1.82) is 0 Å². The summed E-state index contributed by atoms with van der Waals surface area (Å²) in [7, 11) is 1.86. The number of aromatic nitrogens is 2. The fourth-order valence-corrected chi connectivity index (χ4v) is 2.02. The van der Waals surface area contributed by atoms with Gasteiger partial charge >= 0.3 is 0 Å². The van der Waals surface area contributed by atoms with E-state index in [0.717, 1.165) is 22.6 Å². The van der Waals surface area contributed by atoms with Crippen molar-refractivity contribution in [3.05, 3.63) is 48.3 Å². The zero-order chi connectivity index (χ0) is 12.5. The quantitative estimate of drug-likeness (QED) is 0.721. The normalized spacial score (nSPS) is 10.8. The Morgan fingerprint density at radius 1 is 1.17 bits per heavy atom. The van der Waals surface area contributed by atoms with Gasteiger partial charge < -0.3 is 10.3 Å². The third-order valence-electron chi connectivity index (χ3n) is 2.90. The Kier molecular flexibility index (Phi) is 2.48. The summed E-state index contributed by atoms with van der Waals surface area (Å²) >= 11 is 0. The van der Waals surface area contributed by atoms with E-state index in [9.17, 15) is 4.39 Å². The number of nitrogens with zero attached hydrogens (tertiary/aromatic N) is 1. The largest absolute Gasteiger partial charge is 0.388 e. The number of nitrogens with one attached hydrogen (secondary N) is 2. The summed E-state index contributed by atoms with van der Waals surface area (Å²) in [6.45, 7) is 0. The summed E-state index contributed by atoms with van der Waals surface area (Å²) < 4.78 is 13.1. The summed E-state index contributed by atoms with van der Waals surface area (Å²) in [6.07, 6.45) is 0. The van der Waals surface area contributed by atoms with Crippen molar-refractivity contribution >= 4 is 16.7 Å². The van der Waals surface area contributed by atoms with Crippen LogP contribution in [0.25, 0.3) is 22.4 Å². The standard InChI is InChI=1S/C14H12FN3/c1-16-11-5-3-2-4-10(11)14-17-12-7-6-9(15)8-13(12)18-14/h2-8,16H,1H3,(H,17,18). The van der Waals surface area contributed by atoms with Crippen LogP contribution in [-0.4, -0.2) is 17.0 Å². The molecule has 0 aliphatic rings. The van der Waals surface area contributed by atoms with Crippen LogP contribution in [0.4, 0.5) is 10.1 Å². The minimum Gasteiger partial charge on any atom is -0.388 e. The van der Waals surface area contributed by atoms with Crippen LogP contribution in [0.2, 0.25) is 0 Å². The number of H-pyrrole nitrogens is 1. The third kappa shape index (κ3) is 1.72. The lowest BCUT2D eigenvalue weighted by Gasteiger charge is -2.05. The van der Waals surface area contributed by atoms with Crippen molar-refractivity contribution < 1.29 is 4.39 Å². The highest BCUT2D eigenvalue weighted by Gasteiger charge is 2.08. The predicted molar refractivity (Wildman–Crippen MR) is 71.0 cm³/mol. The van der Waals surface area contributed by atoms with E-state index in [1.54, 1.807) is 6.07 Å². The Hall–Kier alpha value is -2.36. The van der Waals surface area contributed by atoms with Gasteiger partial charge in [-0.15, -0.1) is 0 Å². The molecular weight excluding hydrogens is 229 g/mol. The predicted octanol–water partition coefficient (Wildman–Crippen LogP) is 3.41. The van der Waals surface area contributed by atoms with Crippen LogP contribution in [0, 0.1) is 5.82 Å². The Morgan fingerprint density at radius 2 is 2.00 bits per heavy atom. The van der Waals surface area contributed by atoms with E-state index in [4.69, 9.17) is 0 Å². The molecule has 0 fully saturated rings. The molecule has 0 aliphatic carbocycles. The number of hydrogen-bond acceptors (Lipinski definition) is 2. The van der Waals surface area contributed by atoms with Gasteiger partial charge in [-0.2, -0.15) is 0 Å². The number of para-hydroxylation sites is 1. The molecule has 0 aliphatic heterocycles. The molecule has 18 heavy (non-hydrogen) atoms. The van der Waals surface area contributed by atoms with Crippen molar-refractivity contribution in [3.8, 4) is 11.4 Å². The van der Waals surface area contributed by atoms with Gasteiger partial charge in [-0.3, -0.25) is 0 Å². The van der Waals surface area contributed by atoms with Crippen LogP contribution in [0.5, 0.6) is 0 Å². The molecule has 2 aromatic carbocycles. The molecule has 0 atom stereocenters. The van der Waals surface area contributed by atoms with Crippen molar-refractivity contribution in [2.45, 2.75) is 0 Å². The molecule has 0 saturated carbocycles. The van der Waals surface area contributed by atoms with Gasteiger partial charge in [0.15, 0.2) is 0 Å². The molecule has 3 aromatic rings. The average Bonchev–Trinajstić information content (AvgIpc) is 2.81. The zero-order valence-corrected chi connectivity index (χ0v) is 9.87. The van der Waals surface area contributed by atoms with E-state index in [1.165, 1.54) is 12.1 Å². The van der Waals surface area contributed by atoms with Crippen LogP contribution < -0.4 is 5.32 Å². The molecule has 1 aromatic heterocycles. The number of benzene rings is 2. The molecule has 90 valence electrons. The van der Waals surface area contributed by atoms with Crippen LogP contribution in [0.15, 0.2) is 42.5 Å². The first-order valence-electron chi connectivity index (χ1n) is 5.70. The van der Waals surface area contributed by atoms with Crippen molar-refractivity contribution in [2.75, 3.05) is 12.4 Å². The number of rotatable bonds is 2. The second kappa shape index (κ2) is 4.14. The Balaban J connectivity index is 2.19. The van der Waals surface area contributed by atoms with Gasteiger partial charge in [0.25, 0.3) is 0 Å². The van der Waals surface area contributed by atoms with Crippen LogP contribution in [0.1, 0.15) is 0 Å². The Bertz CT molecular complexity index is 703. The molecule has 0 radical (unpaired) electrons. The van der Waals surface area contributed by atoms with E-state index >= 15 is 0 Å². The highest BCUT2D eigenvalue weighted by Crippen LogP contribution is 2.27. The van der Waals surface area contributed by atoms with E-state index < -0.39 is 0 Å². The molecular formula is C14H12FN3. The molecule has 4 heteroatoms. The van der Waals surface area contributed by atoms with Gasteiger partial charge in [0.05, 0.1) is 11.0 Å². The van der Waals surface area contributed by atoms with Gasteiger partial charge in [-0.1, -0.05) is 12.1 Å². The second-order valence-corrected chi connectivity index (χ2v) is 4.04. The SMILES string of the molecule is CNc1ccccc1-c1nc2ccc(F)cc2[nH]1. The maximum Gasteiger partial charge on any atom is 0.140 e. The highest BCUT2D eigenvalue weighted by atomic mass is 19.1. The van der Waals surface area contributed by atoms with Crippen molar-refractivity contribution in [3.63, 3.8) is 0 Å². The third-order valence-corrected chi connectivity index (χ3v) is 2.90. The lowest BCUT2D eigenvalue weighted by Crippen LogP contribution is -1.92. The van der Waals surface area contributed by atoms with Crippen molar-refractivity contribution in [1.82, 2.24) is 9.97 Å². The van der Waals surface area contributed by atoms with Gasteiger partial charge in [-0.05, 0) is 30.3 Å². The van der Waals surface area contributed by atoms with Gasteiger partial charge in [0, 0.05) is 18.3 Å². The summed E-state index contributed by atoms with van der Waals surface area (Å²) in [6, 6.07) is 12.4. The minimum absolute atomic E-state index is 0.264. The molecule has 0 spiro atoms. The lowest BCUT2D eigenvalue weighted by molar-refractivity contribution is 0.629. The molecule has 0 amide bonds. The molecule has 1 heterocycles. The first-order chi connectivity index (χ1) is 8.78. The number of hydrogen-bond donors (Lipinski definition) is 2. The maximum atomic E-state index is 13.1. The number of anilines is 1. The van der Waals surface area contributed by atoms with Gasteiger partial charge in [0.2, 0.25) is 0 Å². The van der Waals surface area contributed by atoms with Crippen LogP contribution >= 0.6 is 0 Å². The zero-order valence-electron chi connectivity index (χ0n) is 9.87. The molecule has 0 bridgehead atoms. The second-order valence-electron chi connectivity index (χ2n) is 4.04. The maximum absolute atomic E-state index is 13.1. The monoisotopic (exact) mass is 241 g/mol.